The average molecular weight is 595 g/mol. The first kappa shape index (κ1) is 36.7. The van der Waals surface area contributed by atoms with Crippen LogP contribution in [0.1, 0.15) is 155 Å². The summed E-state index contributed by atoms with van der Waals surface area (Å²) in [5, 5.41) is 15.8. The SMILES string of the molecule is CCCCCCCCCCCCCCCCCCNC(=O)N1CCCCC1CCOC(=O)NCCCN1CCCC1O. The van der Waals surface area contributed by atoms with E-state index in [-0.39, 0.29) is 18.3 Å². The van der Waals surface area contributed by atoms with E-state index in [1.165, 1.54) is 96.3 Å². The lowest BCUT2D eigenvalue weighted by Gasteiger charge is -2.35. The molecule has 2 rings (SSSR count). The minimum Gasteiger partial charge on any atom is -0.449 e. The van der Waals surface area contributed by atoms with Gasteiger partial charge in [0.05, 0.1) is 6.61 Å². The molecule has 0 spiro atoms. The number of aliphatic hydroxyl groups is 1. The van der Waals surface area contributed by atoms with Gasteiger partial charge in [-0.05, 0) is 44.9 Å². The molecular formula is C34H66N4O4. The summed E-state index contributed by atoms with van der Waals surface area (Å²) in [5.41, 5.74) is 0. The van der Waals surface area contributed by atoms with Crippen LogP contribution in [-0.2, 0) is 4.74 Å². The first-order valence-electron chi connectivity index (χ1n) is 18.0. The third kappa shape index (κ3) is 17.5. The van der Waals surface area contributed by atoms with Crippen molar-refractivity contribution in [3.8, 4) is 0 Å². The minimum absolute atomic E-state index is 0.0363. The highest BCUT2D eigenvalue weighted by Gasteiger charge is 2.26. The summed E-state index contributed by atoms with van der Waals surface area (Å²) < 4.78 is 5.39. The van der Waals surface area contributed by atoms with Crippen molar-refractivity contribution in [2.45, 2.75) is 167 Å². The number of urea groups is 1. The Morgan fingerprint density at radius 2 is 1.31 bits per heavy atom. The second kappa shape index (κ2) is 24.9. The molecule has 2 unspecified atom stereocenters. The molecule has 0 saturated carbocycles. The number of hydrogen-bond donors (Lipinski definition) is 3. The Morgan fingerprint density at radius 3 is 1.90 bits per heavy atom. The molecule has 3 N–H and O–H groups in total. The van der Waals surface area contributed by atoms with E-state index in [1.807, 2.05) is 4.90 Å². The highest BCUT2D eigenvalue weighted by atomic mass is 16.5. The highest BCUT2D eigenvalue weighted by molar-refractivity contribution is 5.74. The van der Waals surface area contributed by atoms with Gasteiger partial charge in [-0.3, -0.25) is 4.90 Å². The van der Waals surface area contributed by atoms with E-state index in [0.717, 1.165) is 71.1 Å². The standard InChI is InChI=1S/C34H66N4O4/c1-2-3-4-5-6-7-8-9-10-11-12-13-14-15-16-18-25-35-33(40)38-29-19-17-22-31(38)24-30-42-34(41)36-26-21-28-37-27-20-23-32(37)39/h31-32,39H,2-30H2,1H3,(H,35,40)(H,36,41). The number of carbonyl (C=O) groups is 2. The Hall–Kier alpha value is -1.54. The molecule has 2 fully saturated rings. The van der Waals surface area contributed by atoms with Crippen molar-refractivity contribution in [2.24, 2.45) is 0 Å². The van der Waals surface area contributed by atoms with Crippen LogP contribution >= 0.6 is 0 Å². The average Bonchev–Trinajstić information content (AvgIpc) is 3.41. The Morgan fingerprint density at radius 1 is 0.714 bits per heavy atom. The number of amides is 3. The fourth-order valence-corrected chi connectivity index (χ4v) is 6.42. The van der Waals surface area contributed by atoms with Crippen molar-refractivity contribution in [1.29, 1.82) is 0 Å². The molecule has 0 aromatic heterocycles. The van der Waals surface area contributed by atoms with E-state index < -0.39 is 6.09 Å². The first-order valence-corrected chi connectivity index (χ1v) is 18.0. The second-order valence-corrected chi connectivity index (χ2v) is 12.7. The maximum Gasteiger partial charge on any atom is 0.407 e. The maximum atomic E-state index is 12.8. The van der Waals surface area contributed by atoms with Crippen LogP contribution in [0.4, 0.5) is 9.59 Å². The highest BCUT2D eigenvalue weighted by Crippen LogP contribution is 2.20. The molecule has 0 aliphatic carbocycles. The van der Waals surface area contributed by atoms with Crippen molar-refractivity contribution in [3.63, 3.8) is 0 Å². The van der Waals surface area contributed by atoms with Crippen LogP contribution in [0.5, 0.6) is 0 Å². The summed E-state index contributed by atoms with van der Waals surface area (Å²) in [5.74, 6) is 0. The monoisotopic (exact) mass is 595 g/mol. The van der Waals surface area contributed by atoms with E-state index in [4.69, 9.17) is 4.74 Å². The van der Waals surface area contributed by atoms with Crippen molar-refractivity contribution in [3.05, 3.63) is 0 Å². The summed E-state index contributed by atoms with van der Waals surface area (Å²) in [6.45, 7) is 6.38. The van der Waals surface area contributed by atoms with Crippen LogP contribution in [0.25, 0.3) is 0 Å². The number of ether oxygens (including phenoxy) is 1. The molecular weight excluding hydrogens is 528 g/mol. The topological polar surface area (TPSA) is 94.1 Å². The van der Waals surface area contributed by atoms with Gasteiger partial charge in [-0.1, -0.05) is 103 Å². The van der Waals surface area contributed by atoms with Crippen LogP contribution < -0.4 is 10.6 Å². The zero-order valence-electron chi connectivity index (χ0n) is 27.2. The lowest BCUT2D eigenvalue weighted by molar-refractivity contribution is 0.0377. The summed E-state index contributed by atoms with van der Waals surface area (Å²) in [4.78, 5) is 28.9. The van der Waals surface area contributed by atoms with E-state index in [2.05, 4.69) is 22.5 Å². The van der Waals surface area contributed by atoms with Crippen molar-refractivity contribution < 1.29 is 19.4 Å². The Kier molecular flexibility index (Phi) is 21.7. The Bertz CT molecular complexity index is 680. The van der Waals surface area contributed by atoms with Gasteiger partial charge in [0.15, 0.2) is 0 Å². The summed E-state index contributed by atoms with van der Waals surface area (Å²) >= 11 is 0. The molecule has 2 saturated heterocycles. The van der Waals surface area contributed by atoms with Gasteiger partial charge in [-0.2, -0.15) is 0 Å². The normalized spacial score (nSPS) is 19.2. The molecule has 246 valence electrons. The number of carbonyl (C=O) groups excluding carboxylic acids is 2. The minimum atomic E-state index is -0.396. The summed E-state index contributed by atoms with van der Waals surface area (Å²) in [6, 6.07) is 0.170. The predicted octanol–water partition coefficient (Wildman–Crippen LogP) is 7.73. The van der Waals surface area contributed by atoms with Gasteiger partial charge in [-0.15, -0.1) is 0 Å². The molecule has 0 radical (unpaired) electrons. The predicted molar refractivity (Wildman–Crippen MR) is 173 cm³/mol. The molecule has 0 bridgehead atoms. The number of nitrogens with zero attached hydrogens (tertiary/aromatic N) is 2. The number of alkyl carbamates (subject to hydrolysis) is 1. The Labute approximate surface area is 258 Å². The molecule has 8 heteroatoms. The number of aliphatic hydroxyl groups excluding tert-OH is 1. The number of likely N-dealkylation sites (tertiary alicyclic amines) is 2. The van der Waals surface area contributed by atoms with E-state index in [0.29, 0.717) is 19.6 Å². The zero-order valence-corrected chi connectivity index (χ0v) is 27.2. The number of hydrogen-bond acceptors (Lipinski definition) is 5. The first-order chi connectivity index (χ1) is 20.6. The maximum absolute atomic E-state index is 12.8. The quantitative estimate of drug-likeness (QED) is 0.0994. The van der Waals surface area contributed by atoms with E-state index in [9.17, 15) is 14.7 Å². The lowest BCUT2D eigenvalue weighted by atomic mass is 10.00. The van der Waals surface area contributed by atoms with Crippen LogP contribution in [0.2, 0.25) is 0 Å². The lowest BCUT2D eigenvalue weighted by Crippen LogP contribution is -2.49. The number of unbranched alkanes of at least 4 members (excludes halogenated alkanes) is 15. The fourth-order valence-electron chi connectivity index (χ4n) is 6.42. The molecule has 2 atom stereocenters. The van der Waals surface area contributed by atoms with Gasteiger partial charge in [0.1, 0.15) is 6.23 Å². The molecule has 2 aliphatic heterocycles. The molecule has 0 aromatic rings. The van der Waals surface area contributed by atoms with Crippen LogP contribution in [0.3, 0.4) is 0 Å². The van der Waals surface area contributed by atoms with Crippen molar-refractivity contribution in [2.75, 3.05) is 39.3 Å². The molecule has 3 amide bonds. The molecule has 2 aliphatic rings. The van der Waals surface area contributed by atoms with Gasteiger partial charge in [0.25, 0.3) is 0 Å². The summed E-state index contributed by atoms with van der Waals surface area (Å²) in [7, 11) is 0. The molecule has 42 heavy (non-hydrogen) atoms. The largest absolute Gasteiger partial charge is 0.449 e. The number of piperidine rings is 1. The van der Waals surface area contributed by atoms with E-state index >= 15 is 0 Å². The van der Waals surface area contributed by atoms with Gasteiger partial charge in [0.2, 0.25) is 0 Å². The van der Waals surface area contributed by atoms with Gasteiger partial charge < -0.3 is 25.4 Å². The van der Waals surface area contributed by atoms with Gasteiger partial charge in [0, 0.05) is 45.2 Å². The second-order valence-electron chi connectivity index (χ2n) is 12.7. The number of nitrogens with one attached hydrogen (secondary N) is 2. The molecule has 2 heterocycles. The summed E-state index contributed by atoms with van der Waals surface area (Å²) in [6.07, 6.45) is 27.4. The van der Waals surface area contributed by atoms with Crippen molar-refractivity contribution in [1.82, 2.24) is 20.4 Å². The molecule has 0 aromatic carbocycles. The number of rotatable bonds is 24. The van der Waals surface area contributed by atoms with Crippen LogP contribution in [0.15, 0.2) is 0 Å². The smallest absolute Gasteiger partial charge is 0.407 e. The Balaban J connectivity index is 1.40. The third-order valence-electron chi connectivity index (χ3n) is 9.10. The van der Waals surface area contributed by atoms with Gasteiger partial charge in [-0.25, -0.2) is 9.59 Å². The van der Waals surface area contributed by atoms with E-state index in [1.54, 1.807) is 0 Å². The van der Waals surface area contributed by atoms with Crippen LogP contribution in [0, 0.1) is 0 Å². The fraction of sp³-hybridized carbons (Fsp3) is 0.941. The van der Waals surface area contributed by atoms with Gasteiger partial charge >= 0.3 is 12.1 Å². The zero-order chi connectivity index (χ0) is 30.1. The van der Waals surface area contributed by atoms with Crippen molar-refractivity contribution >= 4 is 12.1 Å². The molecule has 8 nitrogen and oxygen atoms in total. The van der Waals surface area contributed by atoms with Crippen LogP contribution in [-0.4, -0.2) is 78.6 Å². The third-order valence-corrected chi connectivity index (χ3v) is 9.10.